The van der Waals surface area contributed by atoms with E-state index in [1.807, 2.05) is 66.0 Å². The largest absolute Gasteiger partial charge is 0.497 e. The molecule has 32 heavy (non-hydrogen) atoms. The van der Waals surface area contributed by atoms with Crippen molar-refractivity contribution in [3.8, 4) is 5.75 Å². The molecule has 2 aromatic carbocycles. The Morgan fingerprint density at radius 2 is 1.88 bits per heavy atom. The summed E-state index contributed by atoms with van der Waals surface area (Å²) >= 11 is 2.66. The molecule has 0 saturated carbocycles. The van der Waals surface area contributed by atoms with E-state index >= 15 is 0 Å². The predicted octanol–water partition coefficient (Wildman–Crippen LogP) is 3.97. The summed E-state index contributed by atoms with van der Waals surface area (Å²) in [7, 11) is 1.62. The van der Waals surface area contributed by atoms with Crippen molar-refractivity contribution < 1.29 is 9.53 Å². The smallest absolute Gasteiger partial charge is 0.272 e. The van der Waals surface area contributed by atoms with Crippen LogP contribution in [0.4, 0.5) is 0 Å². The van der Waals surface area contributed by atoms with Gasteiger partial charge in [0.25, 0.3) is 5.56 Å². The number of thiophene rings is 1. The molecule has 0 aliphatic heterocycles. The zero-order valence-electron chi connectivity index (χ0n) is 17.6. The molecule has 0 atom stereocenters. The maximum absolute atomic E-state index is 13.1. The molecule has 0 saturated heterocycles. The van der Waals surface area contributed by atoms with Crippen LogP contribution in [0.15, 0.2) is 76.0 Å². The van der Waals surface area contributed by atoms with E-state index in [9.17, 15) is 9.59 Å². The molecule has 0 unspecified atom stereocenters. The monoisotopic (exact) mass is 465 g/mol. The van der Waals surface area contributed by atoms with Crippen molar-refractivity contribution >= 4 is 39.2 Å². The fourth-order valence-corrected chi connectivity index (χ4v) is 4.87. The second-order valence-electron chi connectivity index (χ2n) is 7.14. The van der Waals surface area contributed by atoms with Crippen LogP contribution in [0.5, 0.6) is 5.75 Å². The van der Waals surface area contributed by atoms with Gasteiger partial charge in [0.2, 0.25) is 5.91 Å². The molecule has 1 amide bonds. The lowest BCUT2D eigenvalue weighted by Crippen LogP contribution is -2.28. The third kappa shape index (κ3) is 5.38. The number of fused-ring (bicyclic) bond motifs is 1. The number of hydrogen-bond donors (Lipinski definition) is 1. The maximum atomic E-state index is 13.1. The Morgan fingerprint density at radius 3 is 2.62 bits per heavy atom. The van der Waals surface area contributed by atoms with E-state index in [0.717, 1.165) is 17.7 Å². The van der Waals surface area contributed by atoms with Gasteiger partial charge in [0.1, 0.15) is 10.4 Å². The molecule has 0 bridgehead atoms. The molecule has 0 aliphatic rings. The number of amides is 1. The number of ether oxygens (including phenoxy) is 1. The number of carbonyl (C=O) groups is 1. The van der Waals surface area contributed by atoms with Crippen molar-refractivity contribution in [3.05, 3.63) is 87.5 Å². The summed E-state index contributed by atoms with van der Waals surface area (Å²) in [4.78, 5) is 30.1. The zero-order chi connectivity index (χ0) is 22.3. The third-order valence-electron chi connectivity index (χ3n) is 4.94. The Hall–Kier alpha value is -3.10. The fraction of sp³-hybridized carbons (Fsp3) is 0.208. The fourth-order valence-electron chi connectivity index (χ4n) is 3.26. The van der Waals surface area contributed by atoms with Crippen LogP contribution >= 0.6 is 23.1 Å². The van der Waals surface area contributed by atoms with Gasteiger partial charge in [-0.05, 0) is 41.1 Å². The van der Waals surface area contributed by atoms with Crippen molar-refractivity contribution in [2.24, 2.45) is 0 Å². The summed E-state index contributed by atoms with van der Waals surface area (Å²) in [5.41, 5.74) is 2.71. The highest BCUT2D eigenvalue weighted by atomic mass is 32.2. The van der Waals surface area contributed by atoms with Gasteiger partial charge in [-0.1, -0.05) is 54.2 Å². The minimum atomic E-state index is -0.0900. The molecule has 1 N–H and O–H groups in total. The van der Waals surface area contributed by atoms with Crippen LogP contribution in [0.1, 0.15) is 11.1 Å². The number of carbonyl (C=O) groups excluding carboxylic acids is 1. The average molecular weight is 466 g/mol. The molecule has 0 spiro atoms. The van der Waals surface area contributed by atoms with E-state index in [2.05, 4.69) is 10.3 Å². The van der Waals surface area contributed by atoms with Crippen molar-refractivity contribution in [2.75, 3.05) is 19.4 Å². The van der Waals surface area contributed by atoms with E-state index < -0.39 is 0 Å². The molecule has 2 aromatic heterocycles. The predicted molar refractivity (Wildman–Crippen MR) is 130 cm³/mol. The maximum Gasteiger partial charge on any atom is 0.272 e. The Labute approximate surface area is 194 Å². The molecule has 2 heterocycles. The minimum absolute atomic E-state index is 0.0819. The van der Waals surface area contributed by atoms with Gasteiger partial charge in [-0.3, -0.25) is 14.2 Å². The van der Waals surface area contributed by atoms with E-state index in [-0.39, 0.29) is 17.2 Å². The van der Waals surface area contributed by atoms with Crippen molar-refractivity contribution in [1.29, 1.82) is 0 Å². The molecule has 6 nitrogen and oxygen atoms in total. The number of methoxy groups -OCH3 is 1. The number of thioether (sulfide) groups is 1. The van der Waals surface area contributed by atoms with E-state index in [1.165, 1.54) is 28.7 Å². The normalized spacial score (nSPS) is 10.9. The van der Waals surface area contributed by atoms with Crippen LogP contribution in [0.3, 0.4) is 0 Å². The summed E-state index contributed by atoms with van der Waals surface area (Å²) in [6.07, 6.45) is 0.776. The molecular formula is C24H23N3O3S2. The lowest BCUT2D eigenvalue weighted by molar-refractivity contribution is -0.118. The van der Waals surface area contributed by atoms with Gasteiger partial charge >= 0.3 is 0 Å². The van der Waals surface area contributed by atoms with Crippen LogP contribution in [0.2, 0.25) is 0 Å². The van der Waals surface area contributed by atoms with Gasteiger partial charge in [-0.2, -0.15) is 0 Å². The Bertz CT molecular complexity index is 1250. The summed E-state index contributed by atoms with van der Waals surface area (Å²) < 4.78 is 7.47. The first-order valence-corrected chi connectivity index (χ1v) is 12.0. The molecule has 0 radical (unpaired) electrons. The Morgan fingerprint density at radius 1 is 1.09 bits per heavy atom. The van der Waals surface area contributed by atoms with Crippen LogP contribution in [-0.4, -0.2) is 34.9 Å². The van der Waals surface area contributed by atoms with Gasteiger partial charge in [-0.25, -0.2) is 4.98 Å². The standard InChI is InChI=1S/C24H23N3O3S2/c1-30-19-9-7-18(8-10-19)15-27-23(29)22-20(12-14-31-22)26-24(27)32-16-21(28)25-13-11-17-5-3-2-4-6-17/h2-10,12,14H,11,13,15-16H2,1H3,(H,25,28). The average Bonchev–Trinajstić information content (AvgIpc) is 3.30. The van der Waals surface area contributed by atoms with Crippen molar-refractivity contribution in [2.45, 2.75) is 18.1 Å². The SMILES string of the molecule is COc1ccc(Cn2c(SCC(=O)NCCc3ccccc3)nc3ccsc3c2=O)cc1. The Balaban J connectivity index is 1.46. The highest BCUT2D eigenvalue weighted by Crippen LogP contribution is 2.22. The molecular weight excluding hydrogens is 442 g/mol. The molecule has 4 rings (SSSR count). The molecule has 164 valence electrons. The van der Waals surface area contributed by atoms with E-state index in [0.29, 0.717) is 28.5 Å². The van der Waals surface area contributed by atoms with Crippen LogP contribution in [0, 0.1) is 0 Å². The van der Waals surface area contributed by atoms with E-state index in [1.54, 1.807) is 11.7 Å². The number of rotatable bonds is 9. The molecule has 4 aromatic rings. The minimum Gasteiger partial charge on any atom is -0.497 e. The number of nitrogens with one attached hydrogen (secondary N) is 1. The van der Waals surface area contributed by atoms with Gasteiger partial charge in [0.15, 0.2) is 5.16 Å². The second-order valence-corrected chi connectivity index (χ2v) is 9.00. The van der Waals surface area contributed by atoms with Crippen LogP contribution in [0.25, 0.3) is 10.2 Å². The van der Waals surface area contributed by atoms with E-state index in [4.69, 9.17) is 4.74 Å². The summed E-state index contributed by atoms with van der Waals surface area (Å²) in [6, 6.07) is 19.4. The van der Waals surface area contributed by atoms with Gasteiger partial charge in [0.05, 0.1) is 24.9 Å². The molecule has 0 aliphatic carbocycles. The van der Waals surface area contributed by atoms with Crippen molar-refractivity contribution in [1.82, 2.24) is 14.9 Å². The van der Waals surface area contributed by atoms with Crippen LogP contribution in [-0.2, 0) is 17.8 Å². The van der Waals surface area contributed by atoms with Crippen LogP contribution < -0.4 is 15.6 Å². The first-order valence-electron chi connectivity index (χ1n) is 10.2. The lowest BCUT2D eigenvalue weighted by atomic mass is 10.1. The highest BCUT2D eigenvalue weighted by molar-refractivity contribution is 7.99. The van der Waals surface area contributed by atoms with Crippen molar-refractivity contribution in [3.63, 3.8) is 0 Å². The quantitative estimate of drug-likeness (QED) is 0.299. The summed E-state index contributed by atoms with van der Waals surface area (Å²) in [6.45, 7) is 0.945. The lowest BCUT2D eigenvalue weighted by Gasteiger charge is -2.12. The highest BCUT2D eigenvalue weighted by Gasteiger charge is 2.15. The number of aromatic nitrogens is 2. The third-order valence-corrected chi connectivity index (χ3v) is 6.81. The summed E-state index contributed by atoms with van der Waals surface area (Å²) in [5, 5.41) is 5.34. The van der Waals surface area contributed by atoms with Gasteiger partial charge in [0, 0.05) is 6.54 Å². The molecule has 0 fully saturated rings. The molecule has 8 heteroatoms. The van der Waals surface area contributed by atoms with Gasteiger partial charge in [-0.15, -0.1) is 11.3 Å². The topological polar surface area (TPSA) is 73.2 Å². The first-order chi connectivity index (χ1) is 15.6. The first kappa shape index (κ1) is 22.1. The number of nitrogens with zero attached hydrogens (tertiary/aromatic N) is 2. The Kier molecular flexibility index (Phi) is 7.24. The van der Waals surface area contributed by atoms with Gasteiger partial charge < -0.3 is 10.1 Å². The summed E-state index contributed by atoms with van der Waals surface area (Å²) in [5.74, 6) is 0.871. The number of hydrogen-bond acceptors (Lipinski definition) is 6. The second kappa shape index (κ2) is 10.5. The number of benzene rings is 2. The zero-order valence-corrected chi connectivity index (χ0v) is 19.2.